The van der Waals surface area contributed by atoms with Gasteiger partial charge in [0.25, 0.3) is 5.91 Å². The summed E-state index contributed by atoms with van der Waals surface area (Å²) in [6.45, 7) is 0. The fourth-order valence-corrected chi connectivity index (χ4v) is 1.77. The molecule has 0 fully saturated rings. The zero-order chi connectivity index (χ0) is 14.7. The second kappa shape index (κ2) is 5.90. The van der Waals surface area contributed by atoms with Gasteiger partial charge in [0.15, 0.2) is 6.23 Å². The minimum atomic E-state index is -1.25. The van der Waals surface area contributed by atoms with Crippen LogP contribution in [0, 0.1) is 5.82 Å². The first-order valence-electron chi connectivity index (χ1n) is 5.77. The summed E-state index contributed by atoms with van der Waals surface area (Å²) in [5.74, 6) is -1.48. The zero-order valence-electron chi connectivity index (χ0n) is 10.3. The second-order valence-electron chi connectivity index (χ2n) is 4.17. The molecule has 0 heterocycles. The summed E-state index contributed by atoms with van der Waals surface area (Å²) in [7, 11) is 0. The summed E-state index contributed by atoms with van der Waals surface area (Å²) in [4.78, 5) is 11.8. The van der Waals surface area contributed by atoms with Crippen molar-refractivity contribution in [2.24, 2.45) is 0 Å². The van der Waals surface area contributed by atoms with Crippen molar-refractivity contribution in [1.82, 2.24) is 5.32 Å². The average molecular weight is 295 g/mol. The Bertz CT molecular complexity index is 632. The number of nitrogens with one attached hydrogen (secondary N) is 1. The summed E-state index contributed by atoms with van der Waals surface area (Å²) in [5.41, 5.74) is 5.88. The summed E-state index contributed by atoms with van der Waals surface area (Å²) >= 11 is 5.72. The van der Waals surface area contributed by atoms with Gasteiger partial charge in [-0.1, -0.05) is 23.7 Å². The molecule has 104 valence electrons. The van der Waals surface area contributed by atoms with Gasteiger partial charge in [0.2, 0.25) is 0 Å². The number of aliphatic hydroxyl groups excluding tert-OH is 1. The molecule has 2 rings (SSSR count). The largest absolute Gasteiger partial charge is 0.399 e. The maximum Gasteiger partial charge on any atom is 0.256 e. The van der Waals surface area contributed by atoms with E-state index in [1.807, 2.05) is 0 Å². The number of aliphatic hydroxyl groups is 1. The third-order valence-electron chi connectivity index (χ3n) is 2.69. The predicted octanol–water partition coefficient (Wildman–Crippen LogP) is 2.48. The molecule has 4 N–H and O–H groups in total. The minimum absolute atomic E-state index is 0.188. The van der Waals surface area contributed by atoms with Crippen LogP contribution in [0.1, 0.15) is 22.1 Å². The third kappa shape index (κ3) is 3.26. The van der Waals surface area contributed by atoms with E-state index in [-0.39, 0.29) is 11.3 Å². The van der Waals surface area contributed by atoms with Gasteiger partial charge in [-0.2, -0.15) is 0 Å². The molecule has 0 aliphatic heterocycles. The minimum Gasteiger partial charge on any atom is -0.399 e. The monoisotopic (exact) mass is 294 g/mol. The lowest BCUT2D eigenvalue weighted by Crippen LogP contribution is -2.29. The van der Waals surface area contributed by atoms with Crippen LogP contribution in [0.5, 0.6) is 0 Å². The lowest BCUT2D eigenvalue weighted by atomic mass is 10.1. The Kier molecular flexibility index (Phi) is 4.22. The van der Waals surface area contributed by atoms with E-state index in [4.69, 9.17) is 17.3 Å². The lowest BCUT2D eigenvalue weighted by molar-refractivity contribution is 0.0780. The number of hydrogen-bond donors (Lipinski definition) is 3. The number of amides is 1. The van der Waals surface area contributed by atoms with Crippen molar-refractivity contribution in [3.8, 4) is 0 Å². The molecule has 1 amide bonds. The summed E-state index contributed by atoms with van der Waals surface area (Å²) in [5, 5.41) is 12.7. The molecule has 0 saturated heterocycles. The van der Waals surface area contributed by atoms with E-state index >= 15 is 0 Å². The Hall–Kier alpha value is -2.11. The molecule has 2 aromatic carbocycles. The van der Waals surface area contributed by atoms with Gasteiger partial charge in [0.1, 0.15) is 5.82 Å². The molecule has 0 bridgehead atoms. The maximum atomic E-state index is 13.6. The van der Waals surface area contributed by atoms with E-state index in [9.17, 15) is 14.3 Å². The van der Waals surface area contributed by atoms with Crippen LogP contribution in [0.15, 0.2) is 42.5 Å². The fraction of sp³-hybridized carbons (Fsp3) is 0.0714. The number of nitrogens with two attached hydrogens (primary N) is 1. The fourth-order valence-electron chi connectivity index (χ4n) is 1.65. The van der Waals surface area contributed by atoms with Crippen molar-refractivity contribution in [3.05, 3.63) is 64.4 Å². The molecule has 0 aliphatic rings. The SMILES string of the molecule is Nc1ccc(C(=O)N[C@H](O)c2ccc(Cl)cc2)c(F)c1. The highest BCUT2D eigenvalue weighted by Gasteiger charge is 2.16. The van der Waals surface area contributed by atoms with Crippen molar-refractivity contribution < 1.29 is 14.3 Å². The second-order valence-corrected chi connectivity index (χ2v) is 4.60. The van der Waals surface area contributed by atoms with Gasteiger partial charge >= 0.3 is 0 Å². The van der Waals surface area contributed by atoms with Crippen LogP contribution in [-0.4, -0.2) is 11.0 Å². The van der Waals surface area contributed by atoms with Gasteiger partial charge in [-0.3, -0.25) is 4.79 Å². The standard InChI is InChI=1S/C14H12ClFN2O2/c15-9-3-1-8(2-4-9)13(19)18-14(20)11-6-5-10(17)7-12(11)16/h1-7,13,19H,17H2,(H,18,20)/t13-/m1/s1. The van der Waals surface area contributed by atoms with Gasteiger partial charge in [-0.05, 0) is 30.3 Å². The van der Waals surface area contributed by atoms with Crippen LogP contribution in [0.25, 0.3) is 0 Å². The Morgan fingerprint density at radius 3 is 2.50 bits per heavy atom. The number of carbonyl (C=O) groups excluding carboxylic acids is 1. The lowest BCUT2D eigenvalue weighted by Gasteiger charge is -2.13. The Morgan fingerprint density at radius 1 is 1.25 bits per heavy atom. The van der Waals surface area contributed by atoms with Gasteiger partial charge in [0.05, 0.1) is 5.56 Å². The van der Waals surface area contributed by atoms with Gasteiger partial charge < -0.3 is 16.2 Å². The van der Waals surface area contributed by atoms with Crippen LogP contribution >= 0.6 is 11.6 Å². The Morgan fingerprint density at radius 2 is 1.90 bits per heavy atom. The van der Waals surface area contributed by atoms with E-state index in [1.165, 1.54) is 12.1 Å². The number of hydrogen-bond acceptors (Lipinski definition) is 3. The number of benzene rings is 2. The zero-order valence-corrected chi connectivity index (χ0v) is 11.1. The van der Waals surface area contributed by atoms with Crippen molar-refractivity contribution in [1.29, 1.82) is 0 Å². The first-order chi connectivity index (χ1) is 9.47. The van der Waals surface area contributed by atoms with Gasteiger partial charge in [0, 0.05) is 16.3 Å². The molecule has 0 radical (unpaired) electrons. The molecular formula is C14H12ClFN2O2. The molecule has 0 unspecified atom stereocenters. The molecule has 0 aliphatic carbocycles. The topological polar surface area (TPSA) is 75.4 Å². The van der Waals surface area contributed by atoms with Crippen LogP contribution in [0.4, 0.5) is 10.1 Å². The van der Waals surface area contributed by atoms with E-state index in [0.717, 1.165) is 6.07 Å². The smallest absolute Gasteiger partial charge is 0.256 e. The number of anilines is 1. The van der Waals surface area contributed by atoms with E-state index in [0.29, 0.717) is 10.6 Å². The Labute approximate surface area is 120 Å². The summed E-state index contributed by atoms with van der Waals surface area (Å²) in [6.07, 6.45) is -1.25. The van der Waals surface area contributed by atoms with Crippen molar-refractivity contribution >= 4 is 23.2 Å². The number of rotatable bonds is 3. The number of carbonyl (C=O) groups is 1. The molecular weight excluding hydrogens is 283 g/mol. The van der Waals surface area contributed by atoms with Crippen LogP contribution in [0.2, 0.25) is 5.02 Å². The highest BCUT2D eigenvalue weighted by molar-refractivity contribution is 6.30. The molecule has 0 aromatic heterocycles. The first-order valence-corrected chi connectivity index (χ1v) is 6.14. The van der Waals surface area contributed by atoms with Gasteiger partial charge in [-0.15, -0.1) is 0 Å². The summed E-state index contributed by atoms with van der Waals surface area (Å²) in [6, 6.07) is 10.00. The van der Waals surface area contributed by atoms with E-state index < -0.39 is 18.0 Å². The third-order valence-corrected chi connectivity index (χ3v) is 2.94. The van der Waals surface area contributed by atoms with Crippen molar-refractivity contribution in [3.63, 3.8) is 0 Å². The van der Waals surface area contributed by atoms with Crippen LogP contribution in [-0.2, 0) is 0 Å². The van der Waals surface area contributed by atoms with Crippen molar-refractivity contribution in [2.45, 2.75) is 6.23 Å². The quantitative estimate of drug-likeness (QED) is 0.601. The normalized spacial score (nSPS) is 11.9. The maximum absolute atomic E-state index is 13.6. The molecule has 0 spiro atoms. The molecule has 6 heteroatoms. The van der Waals surface area contributed by atoms with E-state index in [2.05, 4.69) is 5.32 Å². The van der Waals surface area contributed by atoms with Crippen LogP contribution < -0.4 is 11.1 Å². The first kappa shape index (κ1) is 14.3. The molecule has 20 heavy (non-hydrogen) atoms. The van der Waals surface area contributed by atoms with Crippen LogP contribution in [0.3, 0.4) is 0 Å². The van der Waals surface area contributed by atoms with E-state index in [1.54, 1.807) is 24.3 Å². The average Bonchev–Trinajstić information content (AvgIpc) is 2.39. The summed E-state index contributed by atoms with van der Waals surface area (Å²) < 4.78 is 13.6. The molecule has 0 saturated carbocycles. The van der Waals surface area contributed by atoms with Crippen molar-refractivity contribution in [2.75, 3.05) is 5.73 Å². The highest BCUT2D eigenvalue weighted by Crippen LogP contribution is 2.16. The van der Waals surface area contributed by atoms with Gasteiger partial charge in [-0.25, -0.2) is 4.39 Å². The Balaban J connectivity index is 2.13. The predicted molar refractivity (Wildman–Crippen MR) is 74.7 cm³/mol. The molecule has 1 atom stereocenters. The number of nitrogen functional groups attached to an aromatic ring is 1. The molecule has 4 nitrogen and oxygen atoms in total. The number of halogens is 2. The molecule has 2 aromatic rings. The highest BCUT2D eigenvalue weighted by atomic mass is 35.5.